The highest BCUT2D eigenvalue weighted by Crippen LogP contribution is 2.35. The fourth-order valence-corrected chi connectivity index (χ4v) is 2.70. The lowest BCUT2D eigenvalue weighted by Crippen LogP contribution is -2.25. The molecule has 0 aromatic heterocycles. The van der Waals surface area contributed by atoms with Crippen LogP contribution in [0, 0.1) is 12.8 Å². The average molecular weight is 247 g/mol. The van der Waals surface area contributed by atoms with Crippen LogP contribution in [0.2, 0.25) is 0 Å². The van der Waals surface area contributed by atoms with Crippen LogP contribution in [-0.4, -0.2) is 13.7 Å². The first-order valence-corrected chi connectivity index (χ1v) is 7.12. The molecule has 2 nitrogen and oxygen atoms in total. The highest BCUT2D eigenvalue weighted by Gasteiger charge is 2.23. The van der Waals surface area contributed by atoms with Gasteiger partial charge in [-0.05, 0) is 43.0 Å². The van der Waals surface area contributed by atoms with Crippen LogP contribution in [0.25, 0.3) is 0 Å². The lowest BCUT2D eigenvalue weighted by Gasteiger charge is -2.30. The van der Waals surface area contributed by atoms with Gasteiger partial charge in [-0.2, -0.15) is 0 Å². The van der Waals surface area contributed by atoms with Crippen LogP contribution >= 0.6 is 0 Å². The van der Waals surface area contributed by atoms with E-state index in [0.717, 1.165) is 18.2 Å². The minimum absolute atomic E-state index is 0.481. The maximum atomic E-state index is 5.43. The molecular formula is C16H25NO. The average Bonchev–Trinajstić information content (AvgIpc) is 2.33. The molecule has 0 aliphatic heterocycles. The molecular weight excluding hydrogens is 222 g/mol. The second kappa shape index (κ2) is 6.24. The summed E-state index contributed by atoms with van der Waals surface area (Å²) < 4.78 is 5.43. The van der Waals surface area contributed by atoms with Gasteiger partial charge in [-0.3, -0.25) is 0 Å². The highest BCUT2D eigenvalue weighted by atomic mass is 16.5. The third-order valence-electron chi connectivity index (χ3n) is 4.08. The van der Waals surface area contributed by atoms with E-state index < -0.39 is 0 Å². The van der Waals surface area contributed by atoms with Gasteiger partial charge in [0.05, 0.1) is 7.11 Å². The number of methoxy groups -OCH3 is 1. The van der Waals surface area contributed by atoms with Crippen molar-refractivity contribution in [1.29, 1.82) is 0 Å². The van der Waals surface area contributed by atoms with E-state index in [-0.39, 0.29) is 0 Å². The normalized spacial score (nSPS) is 17.3. The summed E-state index contributed by atoms with van der Waals surface area (Å²) in [7, 11) is 1.75. The van der Waals surface area contributed by atoms with Gasteiger partial charge in [-0.1, -0.05) is 38.3 Å². The van der Waals surface area contributed by atoms with E-state index in [1.807, 2.05) is 0 Å². The number of benzene rings is 1. The summed E-state index contributed by atoms with van der Waals surface area (Å²) in [5, 5.41) is 3.61. The topological polar surface area (TPSA) is 21.3 Å². The Morgan fingerprint density at radius 1 is 1.39 bits per heavy atom. The Kier molecular flexibility index (Phi) is 4.65. The SMILES string of the molecule is CCNC(CC1CCC1)c1ccc(C)c(OC)c1. The molecule has 1 unspecified atom stereocenters. The van der Waals surface area contributed by atoms with Gasteiger partial charge >= 0.3 is 0 Å². The zero-order valence-corrected chi connectivity index (χ0v) is 11.8. The van der Waals surface area contributed by atoms with Gasteiger partial charge in [-0.25, -0.2) is 0 Å². The smallest absolute Gasteiger partial charge is 0.122 e. The molecule has 1 N–H and O–H groups in total. The minimum atomic E-state index is 0.481. The minimum Gasteiger partial charge on any atom is -0.496 e. The molecule has 0 radical (unpaired) electrons. The van der Waals surface area contributed by atoms with Gasteiger partial charge in [-0.15, -0.1) is 0 Å². The molecule has 1 aromatic carbocycles. The Morgan fingerprint density at radius 3 is 2.72 bits per heavy atom. The first-order valence-electron chi connectivity index (χ1n) is 7.12. The fourth-order valence-electron chi connectivity index (χ4n) is 2.70. The van der Waals surface area contributed by atoms with Gasteiger partial charge in [0.25, 0.3) is 0 Å². The van der Waals surface area contributed by atoms with E-state index in [9.17, 15) is 0 Å². The van der Waals surface area contributed by atoms with Crippen molar-refractivity contribution < 1.29 is 4.74 Å². The van der Waals surface area contributed by atoms with Crippen LogP contribution in [0.3, 0.4) is 0 Å². The van der Waals surface area contributed by atoms with Crippen LogP contribution in [0.15, 0.2) is 18.2 Å². The van der Waals surface area contributed by atoms with E-state index >= 15 is 0 Å². The van der Waals surface area contributed by atoms with Gasteiger partial charge < -0.3 is 10.1 Å². The molecule has 1 fully saturated rings. The van der Waals surface area contributed by atoms with Crippen LogP contribution < -0.4 is 10.1 Å². The van der Waals surface area contributed by atoms with E-state index in [1.54, 1.807) is 7.11 Å². The second-order valence-corrected chi connectivity index (χ2v) is 5.37. The summed E-state index contributed by atoms with van der Waals surface area (Å²) in [6.07, 6.45) is 5.50. The number of ether oxygens (including phenoxy) is 1. The molecule has 0 spiro atoms. The van der Waals surface area contributed by atoms with Crippen molar-refractivity contribution in [3.8, 4) is 5.75 Å². The predicted molar refractivity (Wildman–Crippen MR) is 76.1 cm³/mol. The molecule has 0 amide bonds. The van der Waals surface area contributed by atoms with Crippen molar-refractivity contribution in [3.63, 3.8) is 0 Å². The fraction of sp³-hybridized carbons (Fsp3) is 0.625. The summed E-state index contributed by atoms with van der Waals surface area (Å²) in [5.41, 5.74) is 2.58. The monoisotopic (exact) mass is 247 g/mol. The molecule has 100 valence electrons. The van der Waals surface area contributed by atoms with Crippen LogP contribution in [0.4, 0.5) is 0 Å². The van der Waals surface area contributed by atoms with Crippen molar-refractivity contribution in [1.82, 2.24) is 5.32 Å². The van der Waals surface area contributed by atoms with Crippen molar-refractivity contribution in [2.45, 2.75) is 45.6 Å². The van der Waals surface area contributed by atoms with Gasteiger partial charge in [0.15, 0.2) is 0 Å². The molecule has 0 heterocycles. The molecule has 18 heavy (non-hydrogen) atoms. The zero-order chi connectivity index (χ0) is 13.0. The lowest BCUT2D eigenvalue weighted by atomic mass is 9.79. The van der Waals surface area contributed by atoms with Crippen LogP contribution in [-0.2, 0) is 0 Å². The number of rotatable bonds is 6. The Balaban J connectivity index is 2.12. The molecule has 0 saturated heterocycles. The first-order chi connectivity index (χ1) is 8.74. The quantitative estimate of drug-likeness (QED) is 0.824. The van der Waals surface area contributed by atoms with Crippen molar-refractivity contribution in [2.24, 2.45) is 5.92 Å². The van der Waals surface area contributed by atoms with E-state index in [1.165, 1.54) is 36.8 Å². The van der Waals surface area contributed by atoms with Gasteiger partial charge in [0, 0.05) is 6.04 Å². The number of nitrogens with one attached hydrogen (secondary N) is 1. The summed E-state index contributed by atoms with van der Waals surface area (Å²) in [5.74, 6) is 1.92. The molecule has 2 rings (SSSR count). The Bertz CT molecular complexity index is 385. The zero-order valence-electron chi connectivity index (χ0n) is 11.8. The Hall–Kier alpha value is -1.02. The first kappa shape index (κ1) is 13.4. The summed E-state index contributed by atoms with van der Waals surface area (Å²) in [4.78, 5) is 0. The van der Waals surface area contributed by atoms with Crippen molar-refractivity contribution >= 4 is 0 Å². The lowest BCUT2D eigenvalue weighted by molar-refractivity contribution is 0.262. The second-order valence-electron chi connectivity index (χ2n) is 5.37. The molecule has 1 aliphatic carbocycles. The number of hydrogen-bond donors (Lipinski definition) is 1. The standard InChI is InChI=1S/C16H25NO/c1-4-17-15(10-13-6-5-7-13)14-9-8-12(2)16(11-14)18-3/h8-9,11,13,15,17H,4-7,10H2,1-3H3. The van der Waals surface area contributed by atoms with E-state index in [4.69, 9.17) is 4.74 Å². The number of aryl methyl sites for hydroxylation is 1. The summed E-state index contributed by atoms with van der Waals surface area (Å²) in [6.45, 7) is 5.30. The third kappa shape index (κ3) is 3.05. The largest absolute Gasteiger partial charge is 0.496 e. The maximum Gasteiger partial charge on any atom is 0.122 e. The Labute approximate surface area is 111 Å². The summed E-state index contributed by atoms with van der Waals surface area (Å²) in [6, 6.07) is 7.08. The maximum absolute atomic E-state index is 5.43. The molecule has 1 saturated carbocycles. The molecule has 1 aromatic rings. The van der Waals surface area contributed by atoms with E-state index in [2.05, 4.69) is 37.4 Å². The molecule has 1 atom stereocenters. The van der Waals surface area contributed by atoms with Gasteiger partial charge in [0.1, 0.15) is 5.75 Å². The third-order valence-corrected chi connectivity index (χ3v) is 4.08. The predicted octanol–water partition coefficient (Wildman–Crippen LogP) is 3.84. The highest BCUT2D eigenvalue weighted by molar-refractivity contribution is 5.37. The Morgan fingerprint density at radius 2 is 2.17 bits per heavy atom. The molecule has 2 heteroatoms. The number of hydrogen-bond acceptors (Lipinski definition) is 2. The molecule has 1 aliphatic rings. The van der Waals surface area contributed by atoms with E-state index in [0.29, 0.717) is 6.04 Å². The van der Waals surface area contributed by atoms with Crippen molar-refractivity contribution in [3.05, 3.63) is 29.3 Å². The van der Waals surface area contributed by atoms with Crippen molar-refractivity contribution in [2.75, 3.05) is 13.7 Å². The van der Waals surface area contributed by atoms with Crippen LogP contribution in [0.5, 0.6) is 5.75 Å². The van der Waals surface area contributed by atoms with Crippen LogP contribution in [0.1, 0.15) is 49.8 Å². The molecule has 0 bridgehead atoms. The summed E-state index contributed by atoms with van der Waals surface area (Å²) >= 11 is 0. The van der Waals surface area contributed by atoms with Gasteiger partial charge in [0.2, 0.25) is 0 Å².